The summed E-state index contributed by atoms with van der Waals surface area (Å²) in [6, 6.07) is 5.53. The molecule has 4 unspecified atom stereocenters. The minimum absolute atomic E-state index is 0.0852. The number of aromatic nitrogens is 4. The number of likely N-dealkylation sites (tertiary alicyclic amines) is 1. The van der Waals surface area contributed by atoms with E-state index in [0.717, 1.165) is 53.2 Å². The Labute approximate surface area is 218 Å². The highest BCUT2D eigenvalue weighted by atomic mass is 35.5. The fourth-order valence-corrected chi connectivity index (χ4v) is 6.80. The first kappa shape index (κ1) is 24.8. The summed E-state index contributed by atoms with van der Waals surface area (Å²) in [5, 5.41) is 6.06. The molecule has 4 heterocycles. The van der Waals surface area contributed by atoms with E-state index in [1.165, 1.54) is 38.9 Å². The first-order chi connectivity index (χ1) is 16.9. The second kappa shape index (κ2) is 10.2. The highest BCUT2D eigenvalue weighted by molar-refractivity contribution is 6.35. The monoisotopic (exact) mass is 514 g/mol. The second-order valence-corrected chi connectivity index (χ2v) is 11.3. The number of piperidine rings is 2. The van der Waals surface area contributed by atoms with Crippen LogP contribution in [0.4, 0.5) is 5.82 Å². The van der Waals surface area contributed by atoms with Crippen molar-refractivity contribution in [3.8, 4) is 0 Å². The zero-order valence-corrected chi connectivity index (χ0v) is 22.7. The van der Waals surface area contributed by atoms with Crippen LogP contribution in [-0.2, 0) is 0 Å². The molecule has 0 aliphatic carbocycles. The van der Waals surface area contributed by atoms with Crippen LogP contribution in [0.15, 0.2) is 24.4 Å². The maximum Gasteiger partial charge on any atom is 0.179 e. The Kier molecular flexibility index (Phi) is 7.25. The molecule has 2 aliphatic heterocycles. The molecule has 0 amide bonds. The fourth-order valence-electron chi connectivity index (χ4n) is 6.24. The predicted octanol–water partition coefficient (Wildman–Crippen LogP) is 6.25. The van der Waals surface area contributed by atoms with Crippen molar-refractivity contribution < 1.29 is 0 Å². The molecular formula is C27H36Cl2N6. The zero-order chi connectivity index (χ0) is 24.7. The van der Waals surface area contributed by atoms with Gasteiger partial charge in [-0.2, -0.15) is 5.10 Å². The lowest BCUT2D eigenvalue weighted by atomic mass is 9.74. The molecule has 0 bridgehead atoms. The lowest BCUT2D eigenvalue weighted by Crippen LogP contribution is -2.46. The van der Waals surface area contributed by atoms with Gasteiger partial charge in [-0.1, -0.05) is 43.1 Å². The van der Waals surface area contributed by atoms with Gasteiger partial charge in [0.05, 0.1) is 17.9 Å². The summed E-state index contributed by atoms with van der Waals surface area (Å²) in [6.07, 6.45) is 5.86. The molecule has 2 saturated heterocycles. The van der Waals surface area contributed by atoms with Crippen molar-refractivity contribution in [1.29, 1.82) is 0 Å². The van der Waals surface area contributed by atoms with Crippen LogP contribution in [0.5, 0.6) is 0 Å². The Balaban J connectivity index is 1.38. The van der Waals surface area contributed by atoms with Gasteiger partial charge < -0.3 is 9.80 Å². The van der Waals surface area contributed by atoms with Gasteiger partial charge in [0.25, 0.3) is 0 Å². The molecule has 4 atom stereocenters. The van der Waals surface area contributed by atoms with E-state index in [1.54, 1.807) is 6.07 Å². The molecule has 0 spiro atoms. The molecule has 0 N–H and O–H groups in total. The van der Waals surface area contributed by atoms with E-state index >= 15 is 0 Å². The van der Waals surface area contributed by atoms with Gasteiger partial charge in [0, 0.05) is 29.7 Å². The summed E-state index contributed by atoms with van der Waals surface area (Å²) >= 11 is 12.6. The lowest BCUT2D eigenvalue weighted by Gasteiger charge is -2.44. The van der Waals surface area contributed by atoms with Crippen LogP contribution < -0.4 is 4.90 Å². The van der Waals surface area contributed by atoms with Gasteiger partial charge in [0.15, 0.2) is 5.65 Å². The first-order valence-electron chi connectivity index (χ1n) is 13.0. The highest BCUT2D eigenvalue weighted by Crippen LogP contribution is 2.37. The predicted molar refractivity (Wildman–Crippen MR) is 145 cm³/mol. The molecule has 2 aliphatic rings. The van der Waals surface area contributed by atoms with Crippen LogP contribution in [0.25, 0.3) is 11.2 Å². The quantitative estimate of drug-likeness (QED) is 0.402. The minimum atomic E-state index is -0.0852. The highest BCUT2D eigenvalue weighted by Gasteiger charge is 2.35. The molecule has 35 heavy (non-hydrogen) atoms. The third-order valence-corrected chi connectivity index (χ3v) is 8.79. The molecule has 0 radical (unpaired) electrons. The lowest BCUT2D eigenvalue weighted by molar-refractivity contribution is 0.100. The maximum atomic E-state index is 6.52. The van der Waals surface area contributed by atoms with Gasteiger partial charge in [-0.15, -0.1) is 0 Å². The summed E-state index contributed by atoms with van der Waals surface area (Å²) in [4.78, 5) is 14.9. The van der Waals surface area contributed by atoms with E-state index in [-0.39, 0.29) is 6.04 Å². The second-order valence-electron chi connectivity index (χ2n) is 10.4. The number of hydrogen-bond acceptors (Lipinski definition) is 5. The first-order valence-corrected chi connectivity index (χ1v) is 13.7. The van der Waals surface area contributed by atoms with E-state index in [0.29, 0.717) is 16.0 Å². The van der Waals surface area contributed by atoms with Crippen molar-refractivity contribution in [2.75, 3.05) is 37.6 Å². The largest absolute Gasteiger partial charge is 0.355 e. The van der Waals surface area contributed by atoms with E-state index in [1.807, 2.05) is 29.9 Å². The molecule has 188 valence electrons. The molecule has 2 aromatic heterocycles. The van der Waals surface area contributed by atoms with Gasteiger partial charge in [-0.3, -0.25) is 0 Å². The number of benzene rings is 1. The van der Waals surface area contributed by atoms with Crippen LogP contribution in [-0.4, -0.2) is 57.4 Å². The number of fused-ring (bicyclic) bond motifs is 1. The van der Waals surface area contributed by atoms with E-state index in [9.17, 15) is 0 Å². The molecule has 0 saturated carbocycles. The van der Waals surface area contributed by atoms with Crippen molar-refractivity contribution >= 4 is 40.2 Å². The van der Waals surface area contributed by atoms with Gasteiger partial charge >= 0.3 is 0 Å². The Morgan fingerprint density at radius 1 is 1.14 bits per heavy atom. The zero-order valence-electron chi connectivity index (χ0n) is 21.2. The Bertz CT molecular complexity index is 1190. The van der Waals surface area contributed by atoms with E-state index in [2.05, 4.69) is 30.6 Å². The fraction of sp³-hybridized carbons (Fsp3) is 0.593. The molecule has 6 nitrogen and oxygen atoms in total. The van der Waals surface area contributed by atoms with Crippen LogP contribution in [0, 0.1) is 24.7 Å². The molecule has 1 aromatic carbocycles. The number of aryl methyl sites for hydroxylation is 1. The average Bonchev–Trinajstić information content (AvgIpc) is 3.19. The van der Waals surface area contributed by atoms with Gasteiger partial charge in [-0.25, -0.2) is 14.6 Å². The number of anilines is 1. The van der Waals surface area contributed by atoms with Crippen LogP contribution in [0.3, 0.4) is 0 Å². The molecular weight excluding hydrogens is 479 g/mol. The molecule has 8 heteroatoms. The summed E-state index contributed by atoms with van der Waals surface area (Å²) in [7, 11) is 0. The van der Waals surface area contributed by atoms with Crippen molar-refractivity contribution in [2.45, 2.75) is 53.0 Å². The molecule has 2 fully saturated rings. The Hall–Kier alpha value is -1.89. The van der Waals surface area contributed by atoms with Gasteiger partial charge in [0.1, 0.15) is 11.3 Å². The smallest absolute Gasteiger partial charge is 0.179 e. The van der Waals surface area contributed by atoms with E-state index < -0.39 is 0 Å². The van der Waals surface area contributed by atoms with Crippen molar-refractivity contribution in [2.24, 2.45) is 17.8 Å². The average molecular weight is 516 g/mol. The normalized spacial score (nSPS) is 24.7. The summed E-state index contributed by atoms with van der Waals surface area (Å²) in [5.74, 6) is 3.19. The van der Waals surface area contributed by atoms with Crippen molar-refractivity contribution in [3.05, 3.63) is 45.7 Å². The summed E-state index contributed by atoms with van der Waals surface area (Å²) in [6.45, 7) is 14.6. The Morgan fingerprint density at radius 3 is 2.71 bits per heavy atom. The number of hydrogen-bond donors (Lipinski definition) is 0. The van der Waals surface area contributed by atoms with Crippen molar-refractivity contribution in [3.63, 3.8) is 0 Å². The number of halogens is 2. The topological polar surface area (TPSA) is 50.1 Å². The Morgan fingerprint density at radius 2 is 1.97 bits per heavy atom. The van der Waals surface area contributed by atoms with Crippen LogP contribution in [0.1, 0.15) is 57.3 Å². The summed E-state index contributed by atoms with van der Waals surface area (Å²) in [5.41, 5.74) is 3.49. The van der Waals surface area contributed by atoms with E-state index in [4.69, 9.17) is 38.3 Å². The van der Waals surface area contributed by atoms with Crippen LogP contribution in [0.2, 0.25) is 10.0 Å². The standard InChI is InChI=1S/C27H36Cl2N6/c1-5-33-11-6-7-20(16-33)22-10-12-34(15-17(22)2)25-14-30-26-18(3)32-35(27(26)31-25)19(4)23-9-8-21(28)13-24(23)29/h8-9,13-14,17,19-20,22H,5-7,10-12,15-16H2,1-4H3. The van der Waals surface area contributed by atoms with Crippen molar-refractivity contribution in [1.82, 2.24) is 24.6 Å². The molecule has 5 rings (SSSR count). The SMILES string of the molecule is CCN1CCCC(C2CCN(c3cnc4c(C)nn(C(C)c5ccc(Cl)cc5Cl)c4n3)CC2C)C1. The maximum absolute atomic E-state index is 6.52. The molecule has 3 aromatic rings. The number of nitrogens with zero attached hydrogens (tertiary/aromatic N) is 6. The third kappa shape index (κ3) is 4.90. The van der Waals surface area contributed by atoms with Crippen LogP contribution >= 0.6 is 23.2 Å². The number of rotatable bonds is 5. The van der Waals surface area contributed by atoms with Gasteiger partial charge in [-0.05, 0) is 81.6 Å². The minimum Gasteiger partial charge on any atom is -0.355 e. The summed E-state index contributed by atoms with van der Waals surface area (Å²) < 4.78 is 1.95. The third-order valence-electron chi connectivity index (χ3n) is 8.23. The van der Waals surface area contributed by atoms with Gasteiger partial charge in [0.2, 0.25) is 0 Å².